The number of sulfone groups is 1. The Labute approximate surface area is 138 Å². The number of likely N-dealkylation sites (tertiary alicyclic amines) is 1. The van der Waals surface area contributed by atoms with Crippen LogP contribution < -0.4 is 10.6 Å². The number of hydrogen-bond donors (Lipinski definition) is 2. The molecule has 7 nitrogen and oxygen atoms in total. The molecule has 2 saturated heterocycles. The van der Waals surface area contributed by atoms with Crippen LogP contribution in [0.25, 0.3) is 0 Å². The number of carbonyl (C=O) groups is 1. The van der Waals surface area contributed by atoms with E-state index in [9.17, 15) is 13.2 Å². The number of guanidine groups is 1. The third-order valence-electron chi connectivity index (χ3n) is 4.59. The summed E-state index contributed by atoms with van der Waals surface area (Å²) in [5.74, 6) is 1.31. The summed E-state index contributed by atoms with van der Waals surface area (Å²) in [7, 11) is -1.21. The van der Waals surface area contributed by atoms with Gasteiger partial charge in [-0.3, -0.25) is 9.79 Å². The third-order valence-corrected chi connectivity index (χ3v) is 6.36. The molecule has 1 amide bonds. The van der Waals surface area contributed by atoms with Crippen LogP contribution >= 0.6 is 0 Å². The maximum Gasteiger partial charge on any atom is 0.222 e. The average molecular weight is 344 g/mol. The standard InChI is InChI=1S/C15H28N4O3S/c1-3-13(19-9-4-5-14(19)20)6-8-17-15(16-2)18-12-7-10-23(21,22)11-12/h12-13H,3-11H2,1-2H3,(H2,16,17,18). The quantitative estimate of drug-likeness (QED) is 0.528. The van der Waals surface area contributed by atoms with E-state index in [1.165, 1.54) is 0 Å². The Kier molecular flexibility index (Phi) is 6.26. The number of amides is 1. The predicted octanol–water partition coefficient (Wildman–Crippen LogP) is 0.130. The van der Waals surface area contributed by atoms with Crippen LogP contribution in [0.5, 0.6) is 0 Å². The molecule has 0 aromatic rings. The second kappa shape index (κ2) is 7.99. The lowest BCUT2D eigenvalue weighted by Gasteiger charge is -2.27. The van der Waals surface area contributed by atoms with Crippen LogP contribution in [0.3, 0.4) is 0 Å². The third kappa shape index (κ3) is 5.09. The first-order valence-corrected chi connectivity index (χ1v) is 10.2. The van der Waals surface area contributed by atoms with Crippen LogP contribution in [-0.2, 0) is 14.6 Å². The zero-order valence-electron chi connectivity index (χ0n) is 14.0. The molecule has 23 heavy (non-hydrogen) atoms. The minimum absolute atomic E-state index is 0.0617. The number of aliphatic imine (C=N–C) groups is 1. The fourth-order valence-corrected chi connectivity index (χ4v) is 4.96. The van der Waals surface area contributed by atoms with E-state index in [0.29, 0.717) is 25.3 Å². The van der Waals surface area contributed by atoms with E-state index in [2.05, 4.69) is 22.5 Å². The molecule has 2 aliphatic rings. The molecule has 2 unspecified atom stereocenters. The fraction of sp³-hybridized carbons (Fsp3) is 0.867. The minimum Gasteiger partial charge on any atom is -0.356 e. The molecule has 2 rings (SSSR count). The van der Waals surface area contributed by atoms with Crippen LogP contribution in [0.1, 0.15) is 39.0 Å². The van der Waals surface area contributed by atoms with E-state index < -0.39 is 9.84 Å². The van der Waals surface area contributed by atoms with Gasteiger partial charge in [-0.05, 0) is 25.7 Å². The van der Waals surface area contributed by atoms with Crippen LogP contribution in [0.2, 0.25) is 0 Å². The molecule has 2 aliphatic heterocycles. The van der Waals surface area contributed by atoms with Crippen LogP contribution in [0.15, 0.2) is 4.99 Å². The average Bonchev–Trinajstić information content (AvgIpc) is 3.08. The van der Waals surface area contributed by atoms with Gasteiger partial charge in [0.15, 0.2) is 15.8 Å². The summed E-state index contributed by atoms with van der Waals surface area (Å²) in [5.41, 5.74) is 0. The fourth-order valence-electron chi connectivity index (χ4n) is 3.29. The minimum atomic E-state index is -2.89. The zero-order valence-corrected chi connectivity index (χ0v) is 14.9. The molecule has 8 heteroatoms. The Morgan fingerprint density at radius 3 is 2.78 bits per heavy atom. The molecule has 0 aromatic heterocycles. The molecule has 0 spiro atoms. The first-order valence-electron chi connectivity index (χ1n) is 8.42. The van der Waals surface area contributed by atoms with E-state index in [0.717, 1.165) is 25.8 Å². The van der Waals surface area contributed by atoms with Crippen LogP contribution in [0.4, 0.5) is 0 Å². The summed E-state index contributed by atoms with van der Waals surface area (Å²) in [4.78, 5) is 18.0. The summed E-state index contributed by atoms with van der Waals surface area (Å²) >= 11 is 0. The summed E-state index contributed by atoms with van der Waals surface area (Å²) in [6.07, 6.45) is 4.07. The van der Waals surface area contributed by atoms with Gasteiger partial charge < -0.3 is 15.5 Å². The molecule has 0 aromatic carbocycles. The van der Waals surface area contributed by atoms with Crippen molar-refractivity contribution in [2.24, 2.45) is 4.99 Å². The van der Waals surface area contributed by atoms with Gasteiger partial charge in [0.05, 0.1) is 11.5 Å². The molecule has 132 valence electrons. The summed E-state index contributed by atoms with van der Waals surface area (Å²) in [6, 6.07) is 0.204. The molecular formula is C15H28N4O3S. The van der Waals surface area contributed by atoms with Gasteiger partial charge in [0, 0.05) is 38.6 Å². The van der Waals surface area contributed by atoms with Crippen molar-refractivity contribution in [3.8, 4) is 0 Å². The van der Waals surface area contributed by atoms with Crippen LogP contribution in [-0.4, -0.2) is 68.9 Å². The van der Waals surface area contributed by atoms with Crippen molar-refractivity contribution >= 4 is 21.7 Å². The molecule has 2 fully saturated rings. The second-order valence-corrected chi connectivity index (χ2v) is 8.51. The van der Waals surface area contributed by atoms with Crippen molar-refractivity contribution in [3.63, 3.8) is 0 Å². The van der Waals surface area contributed by atoms with Crippen molar-refractivity contribution in [2.75, 3.05) is 31.6 Å². The van der Waals surface area contributed by atoms with Gasteiger partial charge in [-0.2, -0.15) is 0 Å². The summed E-state index contributed by atoms with van der Waals surface area (Å²) < 4.78 is 23.0. The van der Waals surface area contributed by atoms with E-state index in [4.69, 9.17) is 0 Å². The van der Waals surface area contributed by atoms with Gasteiger partial charge in [-0.1, -0.05) is 6.92 Å². The van der Waals surface area contributed by atoms with Gasteiger partial charge in [-0.25, -0.2) is 8.42 Å². The van der Waals surface area contributed by atoms with Crippen molar-refractivity contribution in [2.45, 2.75) is 51.1 Å². The van der Waals surface area contributed by atoms with E-state index in [1.54, 1.807) is 7.05 Å². The molecule has 2 atom stereocenters. The van der Waals surface area contributed by atoms with Gasteiger partial charge in [0.1, 0.15) is 0 Å². The van der Waals surface area contributed by atoms with E-state index in [1.807, 2.05) is 4.90 Å². The van der Waals surface area contributed by atoms with E-state index in [-0.39, 0.29) is 29.5 Å². The van der Waals surface area contributed by atoms with Gasteiger partial charge in [0.2, 0.25) is 5.91 Å². The first-order chi connectivity index (χ1) is 10.9. The smallest absolute Gasteiger partial charge is 0.222 e. The Morgan fingerprint density at radius 2 is 2.26 bits per heavy atom. The topological polar surface area (TPSA) is 90.9 Å². The molecule has 2 N–H and O–H groups in total. The van der Waals surface area contributed by atoms with Gasteiger partial charge in [-0.15, -0.1) is 0 Å². The highest BCUT2D eigenvalue weighted by Crippen LogP contribution is 2.17. The monoisotopic (exact) mass is 344 g/mol. The number of carbonyl (C=O) groups excluding carboxylic acids is 1. The largest absolute Gasteiger partial charge is 0.356 e. The maximum absolute atomic E-state index is 11.8. The molecular weight excluding hydrogens is 316 g/mol. The number of hydrogen-bond acceptors (Lipinski definition) is 4. The van der Waals surface area contributed by atoms with Gasteiger partial charge >= 0.3 is 0 Å². The normalized spacial score (nSPS) is 25.7. The number of nitrogens with one attached hydrogen (secondary N) is 2. The maximum atomic E-state index is 11.8. The highest BCUT2D eigenvalue weighted by atomic mass is 32.2. The highest BCUT2D eigenvalue weighted by molar-refractivity contribution is 7.91. The lowest BCUT2D eigenvalue weighted by Crippen LogP contribution is -2.45. The Morgan fingerprint density at radius 1 is 1.48 bits per heavy atom. The lowest BCUT2D eigenvalue weighted by atomic mass is 10.1. The highest BCUT2D eigenvalue weighted by Gasteiger charge is 2.29. The molecule has 0 aliphatic carbocycles. The second-order valence-electron chi connectivity index (χ2n) is 6.28. The van der Waals surface area contributed by atoms with E-state index >= 15 is 0 Å². The first kappa shape index (κ1) is 18.0. The van der Waals surface area contributed by atoms with Crippen LogP contribution in [0, 0.1) is 0 Å². The van der Waals surface area contributed by atoms with Gasteiger partial charge in [0.25, 0.3) is 0 Å². The Bertz CT molecular complexity index is 547. The molecule has 0 bridgehead atoms. The summed E-state index contributed by atoms with van der Waals surface area (Å²) in [6.45, 7) is 3.68. The van der Waals surface area contributed by atoms with Crippen molar-refractivity contribution in [1.82, 2.24) is 15.5 Å². The SMILES string of the molecule is CCC(CCNC(=NC)NC1CCS(=O)(=O)C1)N1CCCC1=O. The van der Waals surface area contributed by atoms with Crippen molar-refractivity contribution in [1.29, 1.82) is 0 Å². The predicted molar refractivity (Wildman–Crippen MR) is 91.2 cm³/mol. The van der Waals surface area contributed by atoms with Crippen molar-refractivity contribution < 1.29 is 13.2 Å². The number of nitrogens with zero attached hydrogens (tertiary/aromatic N) is 2. The molecule has 0 radical (unpaired) electrons. The Balaban J connectivity index is 1.76. The molecule has 2 heterocycles. The number of rotatable bonds is 6. The lowest BCUT2D eigenvalue weighted by molar-refractivity contribution is -0.129. The Hall–Kier alpha value is -1.31. The zero-order chi connectivity index (χ0) is 16.9. The summed E-state index contributed by atoms with van der Waals surface area (Å²) in [5, 5.41) is 6.40. The van der Waals surface area contributed by atoms with Crippen molar-refractivity contribution in [3.05, 3.63) is 0 Å². The molecule has 0 saturated carbocycles.